The van der Waals surface area contributed by atoms with Gasteiger partial charge in [0.25, 0.3) is 0 Å². The van der Waals surface area contributed by atoms with Crippen LogP contribution in [0.4, 0.5) is 11.5 Å². The van der Waals surface area contributed by atoms with Gasteiger partial charge in [0.1, 0.15) is 5.82 Å². The van der Waals surface area contributed by atoms with Gasteiger partial charge in [-0.1, -0.05) is 13.8 Å². The number of esters is 1. The molecule has 5 heteroatoms. The van der Waals surface area contributed by atoms with E-state index in [2.05, 4.69) is 23.7 Å². The average molecular weight is 291 g/mol. The Hall–Kier alpha value is -1.78. The fourth-order valence-electron chi connectivity index (χ4n) is 2.97. The second-order valence-corrected chi connectivity index (χ2v) is 5.73. The van der Waals surface area contributed by atoms with Gasteiger partial charge >= 0.3 is 5.97 Å². The molecule has 0 unspecified atom stereocenters. The molecule has 0 atom stereocenters. The van der Waals surface area contributed by atoms with Crippen LogP contribution in [0.15, 0.2) is 12.3 Å². The predicted octanol–water partition coefficient (Wildman–Crippen LogP) is 2.86. The molecule has 0 saturated carbocycles. The lowest BCUT2D eigenvalue weighted by Gasteiger charge is -2.26. The van der Waals surface area contributed by atoms with Crippen molar-refractivity contribution in [1.29, 1.82) is 0 Å². The highest BCUT2D eigenvalue weighted by Crippen LogP contribution is 2.38. The predicted molar refractivity (Wildman–Crippen MR) is 84.5 cm³/mol. The summed E-state index contributed by atoms with van der Waals surface area (Å²) in [7, 11) is 0. The average Bonchev–Trinajstić information content (AvgIpc) is 2.93. The molecular weight excluding hydrogens is 266 g/mol. The molecule has 1 aliphatic heterocycles. The van der Waals surface area contributed by atoms with Gasteiger partial charge in [-0.15, -0.1) is 0 Å². The summed E-state index contributed by atoms with van der Waals surface area (Å²) >= 11 is 0. The minimum Gasteiger partial charge on any atom is -0.462 e. The Bertz CT molecular complexity index is 512. The van der Waals surface area contributed by atoms with E-state index in [9.17, 15) is 4.79 Å². The number of ether oxygens (including phenoxy) is 1. The molecule has 0 amide bonds. The maximum Gasteiger partial charge on any atom is 0.340 e. The van der Waals surface area contributed by atoms with Crippen LogP contribution in [0.25, 0.3) is 0 Å². The molecule has 1 fully saturated rings. The number of hydrogen-bond acceptors (Lipinski definition) is 5. The van der Waals surface area contributed by atoms with Gasteiger partial charge in [-0.05, 0) is 37.7 Å². The summed E-state index contributed by atoms with van der Waals surface area (Å²) in [6.45, 7) is 8.57. The Labute approximate surface area is 126 Å². The van der Waals surface area contributed by atoms with Crippen molar-refractivity contribution in [3.8, 4) is 0 Å². The van der Waals surface area contributed by atoms with Crippen LogP contribution in [0.1, 0.15) is 50.4 Å². The van der Waals surface area contributed by atoms with Gasteiger partial charge in [-0.3, -0.25) is 0 Å². The third kappa shape index (κ3) is 3.12. The van der Waals surface area contributed by atoms with E-state index in [1.807, 2.05) is 0 Å². The van der Waals surface area contributed by atoms with Crippen LogP contribution in [0, 0.1) is 5.41 Å². The highest BCUT2D eigenvalue weighted by molar-refractivity contribution is 5.95. The molecule has 1 aliphatic rings. The Kier molecular flexibility index (Phi) is 4.70. The largest absolute Gasteiger partial charge is 0.462 e. The lowest BCUT2D eigenvalue weighted by atomic mass is 9.82. The lowest BCUT2D eigenvalue weighted by molar-refractivity contribution is 0.0527. The number of nitrogens with zero attached hydrogens (tertiary/aromatic N) is 2. The van der Waals surface area contributed by atoms with Gasteiger partial charge in [0.2, 0.25) is 0 Å². The maximum atomic E-state index is 11.9. The fourth-order valence-corrected chi connectivity index (χ4v) is 2.97. The second kappa shape index (κ2) is 6.33. The Morgan fingerprint density at radius 3 is 2.71 bits per heavy atom. The quantitative estimate of drug-likeness (QED) is 0.845. The van der Waals surface area contributed by atoms with Crippen molar-refractivity contribution in [3.63, 3.8) is 0 Å². The Balaban J connectivity index is 2.22. The number of carbonyl (C=O) groups excluding carboxylic acids is 1. The topological polar surface area (TPSA) is 68.5 Å². The molecule has 1 saturated heterocycles. The van der Waals surface area contributed by atoms with E-state index in [1.165, 1.54) is 19.3 Å². The van der Waals surface area contributed by atoms with Crippen molar-refractivity contribution in [1.82, 2.24) is 4.98 Å². The Morgan fingerprint density at radius 2 is 2.14 bits per heavy atom. The standard InChI is InChI=1S/C16H25N3O2/c1-4-16(5-2)7-8-19(11-16)14-9-12(13(17)10-18-14)15(20)21-6-3/h9-10H,4-8,11,17H2,1-3H3. The lowest BCUT2D eigenvalue weighted by Crippen LogP contribution is -2.27. The van der Waals surface area contributed by atoms with Crippen molar-refractivity contribution in [3.05, 3.63) is 17.8 Å². The van der Waals surface area contributed by atoms with E-state index >= 15 is 0 Å². The summed E-state index contributed by atoms with van der Waals surface area (Å²) in [5.41, 5.74) is 6.99. The third-order valence-electron chi connectivity index (χ3n) is 4.68. The molecule has 2 heterocycles. The van der Waals surface area contributed by atoms with E-state index in [0.717, 1.165) is 18.9 Å². The summed E-state index contributed by atoms with van der Waals surface area (Å²) < 4.78 is 5.04. The summed E-state index contributed by atoms with van der Waals surface area (Å²) in [5.74, 6) is 0.436. The third-order valence-corrected chi connectivity index (χ3v) is 4.68. The first kappa shape index (κ1) is 15.6. The van der Waals surface area contributed by atoms with Crippen molar-refractivity contribution >= 4 is 17.5 Å². The zero-order valence-corrected chi connectivity index (χ0v) is 13.2. The van der Waals surface area contributed by atoms with Gasteiger partial charge in [-0.25, -0.2) is 9.78 Å². The van der Waals surface area contributed by atoms with E-state index in [0.29, 0.717) is 23.3 Å². The van der Waals surface area contributed by atoms with Crippen molar-refractivity contribution in [2.45, 2.75) is 40.0 Å². The van der Waals surface area contributed by atoms with Gasteiger partial charge in [0.05, 0.1) is 24.1 Å². The molecule has 1 aromatic heterocycles. The molecular formula is C16H25N3O2. The number of rotatable bonds is 5. The van der Waals surface area contributed by atoms with Crippen LogP contribution in [0.5, 0.6) is 0 Å². The number of hydrogen-bond donors (Lipinski definition) is 1. The molecule has 0 aliphatic carbocycles. The van der Waals surface area contributed by atoms with Crippen LogP contribution in [-0.2, 0) is 4.74 Å². The van der Waals surface area contributed by atoms with Crippen molar-refractivity contribution in [2.75, 3.05) is 30.3 Å². The summed E-state index contributed by atoms with van der Waals surface area (Å²) in [6.07, 6.45) is 5.06. The molecule has 21 heavy (non-hydrogen) atoms. The molecule has 0 aromatic carbocycles. The first-order chi connectivity index (χ1) is 10.0. The Morgan fingerprint density at radius 1 is 1.43 bits per heavy atom. The monoisotopic (exact) mass is 291 g/mol. The molecule has 1 aromatic rings. The van der Waals surface area contributed by atoms with Crippen LogP contribution in [0.3, 0.4) is 0 Å². The van der Waals surface area contributed by atoms with E-state index in [-0.39, 0.29) is 5.97 Å². The smallest absolute Gasteiger partial charge is 0.340 e. The van der Waals surface area contributed by atoms with Gasteiger partial charge in [0, 0.05) is 13.1 Å². The SMILES string of the molecule is CCOC(=O)c1cc(N2CCC(CC)(CC)C2)ncc1N. The van der Waals surface area contributed by atoms with Crippen LogP contribution in [0.2, 0.25) is 0 Å². The minimum atomic E-state index is -0.380. The highest BCUT2D eigenvalue weighted by Gasteiger charge is 2.35. The van der Waals surface area contributed by atoms with E-state index < -0.39 is 0 Å². The molecule has 0 radical (unpaired) electrons. The van der Waals surface area contributed by atoms with Crippen molar-refractivity contribution in [2.24, 2.45) is 5.41 Å². The molecule has 2 N–H and O–H groups in total. The van der Waals surface area contributed by atoms with Gasteiger partial charge < -0.3 is 15.4 Å². The maximum absolute atomic E-state index is 11.9. The van der Waals surface area contributed by atoms with Gasteiger partial charge in [0.15, 0.2) is 0 Å². The molecule has 0 spiro atoms. The van der Waals surface area contributed by atoms with Crippen molar-refractivity contribution < 1.29 is 9.53 Å². The number of nitrogen functional groups attached to an aromatic ring is 1. The number of pyridine rings is 1. The summed E-state index contributed by atoms with van der Waals surface area (Å²) in [6, 6.07) is 1.76. The van der Waals surface area contributed by atoms with Crippen LogP contribution in [-0.4, -0.2) is 30.6 Å². The second-order valence-electron chi connectivity index (χ2n) is 5.73. The fraction of sp³-hybridized carbons (Fsp3) is 0.625. The number of carbonyl (C=O) groups is 1. The van der Waals surface area contributed by atoms with E-state index in [1.54, 1.807) is 19.2 Å². The first-order valence-electron chi connectivity index (χ1n) is 7.73. The summed E-state index contributed by atoms with van der Waals surface area (Å²) in [5, 5.41) is 0. The first-order valence-corrected chi connectivity index (χ1v) is 7.73. The molecule has 0 bridgehead atoms. The zero-order chi connectivity index (χ0) is 15.5. The van der Waals surface area contributed by atoms with Crippen LogP contribution >= 0.6 is 0 Å². The zero-order valence-electron chi connectivity index (χ0n) is 13.2. The minimum absolute atomic E-state index is 0.342. The van der Waals surface area contributed by atoms with Gasteiger partial charge in [-0.2, -0.15) is 0 Å². The molecule has 5 nitrogen and oxygen atoms in total. The summed E-state index contributed by atoms with van der Waals surface area (Å²) in [4.78, 5) is 18.6. The normalized spacial score (nSPS) is 17.0. The number of nitrogens with two attached hydrogens (primary N) is 1. The van der Waals surface area contributed by atoms with E-state index in [4.69, 9.17) is 10.5 Å². The number of aromatic nitrogens is 1. The van der Waals surface area contributed by atoms with Crippen LogP contribution < -0.4 is 10.6 Å². The number of anilines is 2. The molecule has 116 valence electrons. The highest BCUT2D eigenvalue weighted by atomic mass is 16.5. The molecule has 2 rings (SSSR count).